The molecule has 0 heterocycles. The van der Waals surface area contributed by atoms with Gasteiger partial charge in [0, 0.05) is 18.8 Å². The first-order chi connectivity index (χ1) is 12.3. The zero-order valence-corrected chi connectivity index (χ0v) is 18.0. The lowest BCUT2D eigenvalue weighted by Gasteiger charge is -2.35. The van der Waals surface area contributed by atoms with E-state index in [2.05, 4.69) is 20.9 Å². The van der Waals surface area contributed by atoms with Crippen LogP contribution in [0.15, 0.2) is 0 Å². The molecule has 0 saturated heterocycles. The number of hydrogen-bond acceptors (Lipinski definition) is 5. The van der Waals surface area contributed by atoms with E-state index in [-0.39, 0.29) is 5.75 Å². The van der Waals surface area contributed by atoms with Gasteiger partial charge in [-0.2, -0.15) is 0 Å². The molecule has 0 spiro atoms. The molecule has 0 radical (unpaired) electrons. The Hall–Kier alpha value is -0.210. The fourth-order valence-corrected chi connectivity index (χ4v) is 3.39. The van der Waals surface area contributed by atoms with Crippen molar-refractivity contribution in [3.8, 4) is 0 Å². The number of unbranched alkanes of at least 4 members (excludes halogenated alkanes) is 5. The average molecular weight is 396 g/mol. The highest BCUT2D eigenvalue weighted by Gasteiger charge is 2.21. The van der Waals surface area contributed by atoms with Crippen molar-refractivity contribution in [3.63, 3.8) is 0 Å². The minimum atomic E-state index is -4.13. The van der Waals surface area contributed by atoms with Crippen molar-refractivity contribution in [2.24, 2.45) is 0 Å². The maximum Gasteiger partial charge on any atom is 0.102 e. The molecule has 1 atom stereocenters. The number of ether oxygens (including phenoxy) is 2. The van der Waals surface area contributed by atoms with Crippen LogP contribution < -0.4 is 0 Å². The van der Waals surface area contributed by atoms with Gasteiger partial charge in [-0.15, -0.1) is 0 Å². The standard InChI is InChI=1S/C19H41NO5S/c1-4-6-8-9-10-12-20(3,13-11-19-26(21,22)23)14-16-25-18-17-24-15-7-5-2/h4-19H2,1-3H3. The SMILES string of the molecule is CCCCCCC[N+](C)(CCCS(=O)(=O)[O-])CCOCCOCCCC. The molecule has 0 aliphatic heterocycles. The Morgan fingerprint density at radius 2 is 1.31 bits per heavy atom. The van der Waals surface area contributed by atoms with Gasteiger partial charge in [-0.05, 0) is 19.3 Å². The molecule has 0 bridgehead atoms. The molecule has 0 aromatic rings. The molecule has 6 nitrogen and oxygen atoms in total. The molecule has 0 N–H and O–H groups in total. The number of quaternary nitrogens is 1. The monoisotopic (exact) mass is 395 g/mol. The van der Waals surface area contributed by atoms with Gasteiger partial charge in [0.15, 0.2) is 0 Å². The summed E-state index contributed by atoms with van der Waals surface area (Å²) in [6.07, 6.45) is 8.69. The summed E-state index contributed by atoms with van der Waals surface area (Å²) in [5.41, 5.74) is 0. The summed E-state index contributed by atoms with van der Waals surface area (Å²) in [6.45, 7) is 9.50. The van der Waals surface area contributed by atoms with E-state index < -0.39 is 10.1 Å². The van der Waals surface area contributed by atoms with Crippen molar-refractivity contribution >= 4 is 10.1 Å². The lowest BCUT2D eigenvalue weighted by molar-refractivity contribution is -0.910. The molecule has 7 heteroatoms. The van der Waals surface area contributed by atoms with Gasteiger partial charge in [-0.25, -0.2) is 8.42 Å². The van der Waals surface area contributed by atoms with Crippen LogP contribution in [-0.2, 0) is 19.6 Å². The second kappa shape index (κ2) is 15.8. The van der Waals surface area contributed by atoms with Gasteiger partial charge >= 0.3 is 0 Å². The van der Waals surface area contributed by atoms with Crippen LogP contribution >= 0.6 is 0 Å². The van der Waals surface area contributed by atoms with Gasteiger partial charge in [0.1, 0.15) is 6.54 Å². The summed E-state index contributed by atoms with van der Waals surface area (Å²) in [7, 11) is -1.99. The second-order valence-corrected chi connectivity index (χ2v) is 8.92. The van der Waals surface area contributed by atoms with E-state index in [9.17, 15) is 13.0 Å². The van der Waals surface area contributed by atoms with Gasteiger partial charge in [0.25, 0.3) is 0 Å². The van der Waals surface area contributed by atoms with Crippen molar-refractivity contribution in [2.75, 3.05) is 58.9 Å². The minimum Gasteiger partial charge on any atom is -0.748 e. The van der Waals surface area contributed by atoms with Crippen LogP contribution in [-0.4, -0.2) is 76.3 Å². The molecule has 0 fully saturated rings. The van der Waals surface area contributed by atoms with Gasteiger partial charge in [0.2, 0.25) is 0 Å². The third-order valence-corrected chi connectivity index (χ3v) is 5.47. The second-order valence-electron chi connectivity index (χ2n) is 7.40. The molecule has 0 aromatic heterocycles. The third kappa shape index (κ3) is 17.2. The molecule has 0 aliphatic rings. The van der Waals surface area contributed by atoms with E-state index in [0.717, 1.165) is 43.4 Å². The highest BCUT2D eigenvalue weighted by Crippen LogP contribution is 2.11. The first-order valence-electron chi connectivity index (χ1n) is 10.3. The summed E-state index contributed by atoms with van der Waals surface area (Å²) in [5.74, 6) is -0.275. The zero-order valence-electron chi connectivity index (χ0n) is 17.2. The summed E-state index contributed by atoms with van der Waals surface area (Å²) in [6, 6.07) is 0. The number of likely N-dealkylation sites (N-methyl/N-ethyl adjacent to an activating group) is 1. The van der Waals surface area contributed by atoms with Crippen molar-refractivity contribution in [2.45, 2.75) is 65.2 Å². The minimum absolute atomic E-state index is 0.275. The highest BCUT2D eigenvalue weighted by atomic mass is 32.2. The normalized spacial score (nSPS) is 14.5. The number of nitrogens with zero attached hydrogens (tertiary/aromatic N) is 1. The van der Waals surface area contributed by atoms with Crippen molar-refractivity contribution in [1.29, 1.82) is 0 Å². The van der Waals surface area contributed by atoms with Gasteiger partial charge in [0.05, 0.1) is 50.1 Å². The summed E-state index contributed by atoms with van der Waals surface area (Å²) >= 11 is 0. The van der Waals surface area contributed by atoms with Crippen molar-refractivity contribution in [1.82, 2.24) is 0 Å². The average Bonchev–Trinajstić information content (AvgIpc) is 2.56. The Labute approximate surface area is 161 Å². The zero-order chi connectivity index (χ0) is 19.7. The fraction of sp³-hybridized carbons (Fsp3) is 1.00. The largest absolute Gasteiger partial charge is 0.748 e. The Morgan fingerprint density at radius 1 is 0.731 bits per heavy atom. The Balaban J connectivity index is 4.12. The Morgan fingerprint density at radius 3 is 1.92 bits per heavy atom. The lowest BCUT2D eigenvalue weighted by atomic mass is 10.1. The third-order valence-electron chi connectivity index (χ3n) is 4.68. The summed E-state index contributed by atoms with van der Waals surface area (Å²) in [4.78, 5) is 0. The summed E-state index contributed by atoms with van der Waals surface area (Å²) < 4.78 is 44.5. The maximum atomic E-state index is 10.9. The van der Waals surface area contributed by atoms with Crippen LogP contribution in [0.5, 0.6) is 0 Å². The van der Waals surface area contributed by atoms with Crippen LogP contribution in [0.1, 0.15) is 65.2 Å². The molecule has 0 rings (SSSR count). The van der Waals surface area contributed by atoms with Gasteiger partial charge in [-0.3, -0.25) is 0 Å². The van der Waals surface area contributed by atoms with E-state index in [1.165, 1.54) is 25.7 Å². The lowest BCUT2D eigenvalue weighted by Crippen LogP contribution is -2.48. The van der Waals surface area contributed by atoms with E-state index >= 15 is 0 Å². The van der Waals surface area contributed by atoms with Gasteiger partial charge in [-0.1, -0.05) is 39.5 Å². The first-order valence-corrected chi connectivity index (χ1v) is 11.8. The molecule has 0 aromatic carbocycles. The molecule has 1 unspecified atom stereocenters. The smallest absolute Gasteiger partial charge is 0.102 e. The van der Waals surface area contributed by atoms with Crippen LogP contribution in [0, 0.1) is 0 Å². The molecule has 158 valence electrons. The predicted molar refractivity (Wildman–Crippen MR) is 105 cm³/mol. The van der Waals surface area contributed by atoms with E-state index in [1.54, 1.807) is 0 Å². The van der Waals surface area contributed by atoms with Crippen molar-refractivity contribution in [3.05, 3.63) is 0 Å². The van der Waals surface area contributed by atoms with Crippen LogP contribution in [0.4, 0.5) is 0 Å². The first kappa shape index (κ1) is 25.8. The number of rotatable bonds is 19. The highest BCUT2D eigenvalue weighted by molar-refractivity contribution is 7.85. The van der Waals surface area contributed by atoms with E-state index in [0.29, 0.717) is 32.8 Å². The van der Waals surface area contributed by atoms with E-state index in [1.807, 2.05) is 0 Å². The summed E-state index contributed by atoms with van der Waals surface area (Å²) in [5, 5.41) is 0. The van der Waals surface area contributed by atoms with Crippen molar-refractivity contribution < 1.29 is 26.9 Å². The fourth-order valence-electron chi connectivity index (χ4n) is 2.91. The number of hydrogen-bond donors (Lipinski definition) is 0. The van der Waals surface area contributed by atoms with Crippen LogP contribution in [0.25, 0.3) is 0 Å². The van der Waals surface area contributed by atoms with Crippen LogP contribution in [0.3, 0.4) is 0 Å². The predicted octanol–water partition coefficient (Wildman–Crippen LogP) is 3.17. The van der Waals surface area contributed by atoms with Crippen LogP contribution in [0.2, 0.25) is 0 Å². The quantitative estimate of drug-likeness (QED) is 0.191. The molecule has 26 heavy (non-hydrogen) atoms. The van der Waals surface area contributed by atoms with Gasteiger partial charge < -0.3 is 18.5 Å². The maximum absolute atomic E-state index is 10.9. The molecular formula is C19H41NO5S. The Bertz CT molecular complexity index is 416. The molecule has 0 aliphatic carbocycles. The van der Waals surface area contributed by atoms with E-state index in [4.69, 9.17) is 9.47 Å². The molecule has 0 amide bonds. The topological polar surface area (TPSA) is 75.7 Å². The molecular weight excluding hydrogens is 354 g/mol. The Kier molecular flexibility index (Phi) is 15.7. The molecule has 0 saturated carbocycles.